The highest BCUT2D eigenvalue weighted by Crippen LogP contribution is 2.39. The van der Waals surface area contributed by atoms with Gasteiger partial charge in [0.25, 0.3) is 11.7 Å². The van der Waals surface area contributed by atoms with Crippen LogP contribution in [0.25, 0.3) is 5.76 Å². The van der Waals surface area contributed by atoms with E-state index in [0.29, 0.717) is 17.1 Å². The van der Waals surface area contributed by atoms with E-state index in [-0.39, 0.29) is 17.3 Å². The third kappa shape index (κ3) is 3.37. The van der Waals surface area contributed by atoms with E-state index in [2.05, 4.69) is 0 Å². The Bertz CT molecular complexity index is 857. The smallest absolute Gasteiger partial charge is 0.295 e. The number of hydrogen-bond donors (Lipinski definition) is 1. The van der Waals surface area contributed by atoms with Crippen LogP contribution in [-0.2, 0) is 9.59 Å². The van der Waals surface area contributed by atoms with Crippen LogP contribution in [-0.4, -0.2) is 28.2 Å². The average molecular weight is 370 g/mol. The molecule has 0 aromatic heterocycles. The minimum Gasteiger partial charge on any atom is -0.507 e. The minimum absolute atomic E-state index is 0.115. The highest BCUT2D eigenvalue weighted by atomic mass is 35.5. The molecule has 3 rings (SSSR count). The standard InChI is InChI=1S/C21H20ClNO3/c1-13(2)12-23-18(14-6-4-3-5-7-14)17(20(25)21(23)26)19(24)15-8-10-16(22)11-9-15/h3-11,13,18,24H,12H2,1-2H3/t18-/m0/s1. The summed E-state index contributed by atoms with van der Waals surface area (Å²) in [6.07, 6.45) is 0. The van der Waals surface area contributed by atoms with Crippen molar-refractivity contribution in [3.8, 4) is 0 Å². The Hall–Kier alpha value is -2.59. The van der Waals surface area contributed by atoms with Gasteiger partial charge in [-0.1, -0.05) is 55.8 Å². The molecule has 0 saturated carbocycles. The fourth-order valence-corrected chi connectivity index (χ4v) is 3.33. The summed E-state index contributed by atoms with van der Waals surface area (Å²) in [5, 5.41) is 11.3. The fourth-order valence-electron chi connectivity index (χ4n) is 3.21. The number of nitrogens with zero attached hydrogens (tertiary/aromatic N) is 1. The van der Waals surface area contributed by atoms with Crippen LogP contribution in [0, 0.1) is 5.92 Å². The second-order valence-corrected chi connectivity index (χ2v) is 7.20. The summed E-state index contributed by atoms with van der Waals surface area (Å²) >= 11 is 5.91. The Balaban J connectivity index is 2.17. The molecule has 1 atom stereocenters. The van der Waals surface area contributed by atoms with Gasteiger partial charge in [-0.25, -0.2) is 0 Å². The van der Waals surface area contributed by atoms with Crippen LogP contribution in [0.1, 0.15) is 31.0 Å². The summed E-state index contributed by atoms with van der Waals surface area (Å²) in [6.45, 7) is 4.41. The van der Waals surface area contributed by atoms with E-state index in [1.807, 2.05) is 44.2 Å². The van der Waals surface area contributed by atoms with Crippen LogP contribution in [0.5, 0.6) is 0 Å². The Kier molecular flexibility index (Phi) is 5.14. The van der Waals surface area contributed by atoms with Gasteiger partial charge in [-0.3, -0.25) is 9.59 Å². The normalized spacial score (nSPS) is 19.4. The van der Waals surface area contributed by atoms with Crippen molar-refractivity contribution in [3.05, 3.63) is 76.3 Å². The van der Waals surface area contributed by atoms with E-state index in [4.69, 9.17) is 11.6 Å². The average Bonchev–Trinajstić information content (AvgIpc) is 2.87. The molecule has 4 nitrogen and oxygen atoms in total. The number of Topliss-reactive ketones (excluding diaryl/α,β-unsaturated/α-hetero) is 1. The van der Waals surface area contributed by atoms with E-state index in [9.17, 15) is 14.7 Å². The summed E-state index contributed by atoms with van der Waals surface area (Å²) in [5.74, 6) is -1.23. The quantitative estimate of drug-likeness (QED) is 0.493. The third-order valence-electron chi connectivity index (χ3n) is 4.33. The third-order valence-corrected chi connectivity index (χ3v) is 4.59. The Morgan fingerprint density at radius 1 is 1.08 bits per heavy atom. The van der Waals surface area contributed by atoms with E-state index in [0.717, 1.165) is 5.56 Å². The Morgan fingerprint density at radius 2 is 1.69 bits per heavy atom. The molecule has 1 heterocycles. The molecule has 1 fully saturated rings. The number of benzene rings is 2. The van der Waals surface area contributed by atoms with Gasteiger partial charge in [-0.2, -0.15) is 0 Å². The van der Waals surface area contributed by atoms with E-state index in [1.54, 1.807) is 29.2 Å². The SMILES string of the molecule is CC(C)CN1C(=O)C(=O)C(=C(O)c2ccc(Cl)cc2)[C@@H]1c1ccccc1. The molecule has 0 spiro atoms. The summed E-state index contributed by atoms with van der Waals surface area (Å²) in [5.41, 5.74) is 1.37. The molecule has 1 N–H and O–H groups in total. The summed E-state index contributed by atoms with van der Waals surface area (Å²) in [4.78, 5) is 26.9. The van der Waals surface area contributed by atoms with Crippen LogP contribution < -0.4 is 0 Å². The maximum atomic E-state index is 12.7. The monoisotopic (exact) mass is 369 g/mol. The highest BCUT2D eigenvalue weighted by Gasteiger charge is 2.46. The van der Waals surface area contributed by atoms with Gasteiger partial charge in [0.05, 0.1) is 11.6 Å². The molecule has 1 aliphatic rings. The lowest BCUT2D eigenvalue weighted by molar-refractivity contribution is -0.140. The lowest BCUT2D eigenvalue weighted by Crippen LogP contribution is -2.33. The summed E-state index contributed by atoms with van der Waals surface area (Å²) in [6, 6.07) is 15.2. The van der Waals surface area contributed by atoms with Crippen molar-refractivity contribution in [2.75, 3.05) is 6.54 Å². The van der Waals surface area contributed by atoms with Gasteiger partial charge in [0.1, 0.15) is 5.76 Å². The predicted molar refractivity (Wildman–Crippen MR) is 102 cm³/mol. The molecule has 0 unspecified atom stereocenters. The zero-order valence-electron chi connectivity index (χ0n) is 14.6. The molecule has 0 bridgehead atoms. The van der Waals surface area contributed by atoms with Crippen molar-refractivity contribution in [2.24, 2.45) is 5.92 Å². The molecular formula is C21H20ClNO3. The first kappa shape index (κ1) is 18.2. The maximum Gasteiger partial charge on any atom is 0.295 e. The molecule has 5 heteroatoms. The molecule has 0 aliphatic carbocycles. The Labute approximate surface area is 157 Å². The van der Waals surface area contributed by atoms with Crippen LogP contribution in [0.15, 0.2) is 60.2 Å². The second-order valence-electron chi connectivity index (χ2n) is 6.76. The molecule has 0 radical (unpaired) electrons. The zero-order chi connectivity index (χ0) is 18.8. The van der Waals surface area contributed by atoms with Gasteiger partial charge in [0.2, 0.25) is 0 Å². The molecule has 2 aromatic carbocycles. The lowest BCUT2D eigenvalue weighted by Gasteiger charge is -2.26. The van der Waals surface area contributed by atoms with Crippen LogP contribution in [0.3, 0.4) is 0 Å². The number of halogens is 1. The first-order valence-electron chi connectivity index (χ1n) is 8.49. The molecule has 1 aliphatic heterocycles. The highest BCUT2D eigenvalue weighted by molar-refractivity contribution is 6.46. The minimum atomic E-state index is -0.660. The summed E-state index contributed by atoms with van der Waals surface area (Å²) < 4.78 is 0. The van der Waals surface area contributed by atoms with E-state index < -0.39 is 17.7 Å². The number of carbonyl (C=O) groups excluding carboxylic acids is 2. The first-order valence-corrected chi connectivity index (χ1v) is 8.87. The van der Waals surface area contributed by atoms with Crippen molar-refractivity contribution >= 4 is 29.1 Å². The van der Waals surface area contributed by atoms with Crippen molar-refractivity contribution in [3.63, 3.8) is 0 Å². The number of likely N-dealkylation sites (tertiary alicyclic amines) is 1. The second kappa shape index (κ2) is 7.34. The number of aliphatic hydroxyl groups is 1. The van der Waals surface area contributed by atoms with Gasteiger partial charge in [0.15, 0.2) is 0 Å². The molecule has 1 amide bonds. The lowest BCUT2D eigenvalue weighted by atomic mass is 9.95. The largest absolute Gasteiger partial charge is 0.507 e. The van der Waals surface area contributed by atoms with Crippen LogP contribution >= 0.6 is 11.6 Å². The van der Waals surface area contributed by atoms with Crippen LogP contribution in [0.2, 0.25) is 5.02 Å². The fraction of sp³-hybridized carbons (Fsp3) is 0.238. The van der Waals surface area contributed by atoms with Crippen molar-refractivity contribution < 1.29 is 14.7 Å². The molecule has 26 heavy (non-hydrogen) atoms. The first-order chi connectivity index (χ1) is 12.4. The molecular weight excluding hydrogens is 350 g/mol. The number of hydrogen-bond acceptors (Lipinski definition) is 3. The summed E-state index contributed by atoms with van der Waals surface area (Å²) in [7, 11) is 0. The zero-order valence-corrected chi connectivity index (χ0v) is 15.4. The van der Waals surface area contributed by atoms with Crippen molar-refractivity contribution in [1.29, 1.82) is 0 Å². The van der Waals surface area contributed by atoms with Gasteiger partial charge in [-0.15, -0.1) is 0 Å². The topological polar surface area (TPSA) is 57.6 Å². The molecule has 1 saturated heterocycles. The number of rotatable bonds is 4. The van der Waals surface area contributed by atoms with Gasteiger partial charge < -0.3 is 10.0 Å². The Morgan fingerprint density at radius 3 is 2.27 bits per heavy atom. The van der Waals surface area contributed by atoms with Crippen molar-refractivity contribution in [1.82, 2.24) is 4.90 Å². The van der Waals surface area contributed by atoms with E-state index in [1.165, 1.54) is 0 Å². The molecule has 134 valence electrons. The van der Waals surface area contributed by atoms with E-state index >= 15 is 0 Å². The van der Waals surface area contributed by atoms with Crippen molar-refractivity contribution in [2.45, 2.75) is 19.9 Å². The number of aliphatic hydroxyl groups excluding tert-OH is 1. The van der Waals surface area contributed by atoms with Gasteiger partial charge >= 0.3 is 0 Å². The predicted octanol–water partition coefficient (Wildman–Crippen LogP) is 4.42. The number of amides is 1. The van der Waals surface area contributed by atoms with Crippen LogP contribution in [0.4, 0.5) is 0 Å². The van der Waals surface area contributed by atoms with Gasteiger partial charge in [0, 0.05) is 17.1 Å². The molecule has 2 aromatic rings. The number of ketones is 1. The number of carbonyl (C=O) groups is 2. The van der Waals surface area contributed by atoms with Gasteiger partial charge in [-0.05, 0) is 35.7 Å². The maximum absolute atomic E-state index is 12.7.